The summed E-state index contributed by atoms with van der Waals surface area (Å²) in [4.78, 5) is 0. The Morgan fingerprint density at radius 2 is 2.00 bits per heavy atom. The van der Waals surface area contributed by atoms with Crippen LogP contribution in [0.2, 0.25) is 0 Å². The van der Waals surface area contributed by atoms with Gasteiger partial charge in [0.1, 0.15) is 0 Å². The lowest BCUT2D eigenvalue weighted by Gasteiger charge is -2.22. The fourth-order valence-corrected chi connectivity index (χ4v) is 2.42. The van der Waals surface area contributed by atoms with Crippen molar-refractivity contribution in [1.82, 2.24) is 5.32 Å². The number of nitrogens with one attached hydrogen (secondary N) is 1. The zero-order chi connectivity index (χ0) is 10.1. The predicted octanol–water partition coefficient (Wildman–Crippen LogP) is 3.20. The smallest absolute Gasteiger partial charge is 0.0100 e. The van der Waals surface area contributed by atoms with Gasteiger partial charge in [0.15, 0.2) is 0 Å². The first-order valence-corrected chi connectivity index (χ1v) is 5.79. The molecule has 1 fully saturated rings. The van der Waals surface area contributed by atoms with E-state index in [9.17, 15) is 0 Å². The summed E-state index contributed by atoms with van der Waals surface area (Å²) in [5.74, 6) is 0.935. The quantitative estimate of drug-likeness (QED) is 0.690. The highest BCUT2D eigenvalue weighted by Crippen LogP contribution is 2.56. The first-order valence-electron chi connectivity index (χ1n) is 5.79. The third-order valence-corrected chi connectivity index (χ3v) is 3.70. The van der Waals surface area contributed by atoms with Crippen LogP contribution in [-0.2, 0) is 0 Å². The number of hydrogen-bond acceptors (Lipinski definition) is 1. The summed E-state index contributed by atoms with van der Waals surface area (Å²) in [5.41, 5.74) is 0.655. The lowest BCUT2D eigenvalue weighted by Crippen LogP contribution is -2.37. The largest absolute Gasteiger partial charge is 0.311 e. The maximum atomic E-state index is 3.68. The van der Waals surface area contributed by atoms with Gasteiger partial charge in [-0.3, -0.25) is 0 Å². The molecule has 1 heteroatoms. The van der Waals surface area contributed by atoms with E-state index in [-0.39, 0.29) is 0 Å². The van der Waals surface area contributed by atoms with Gasteiger partial charge in [0.05, 0.1) is 0 Å². The predicted molar refractivity (Wildman–Crippen MR) is 58.9 cm³/mol. The molecule has 0 amide bonds. The van der Waals surface area contributed by atoms with E-state index in [1.54, 1.807) is 0 Å². The highest BCUT2D eigenvalue weighted by molar-refractivity contribution is 5.03. The average Bonchev–Trinajstić information content (AvgIpc) is 2.75. The Kier molecular flexibility index (Phi) is 3.39. The van der Waals surface area contributed by atoms with Crippen LogP contribution >= 0.6 is 0 Å². The fourth-order valence-electron chi connectivity index (χ4n) is 2.42. The summed E-state index contributed by atoms with van der Waals surface area (Å²) in [6.45, 7) is 11.5. The molecule has 1 aliphatic rings. The molecule has 1 nitrogen and oxygen atoms in total. The van der Waals surface area contributed by atoms with Crippen LogP contribution in [-0.4, -0.2) is 12.1 Å². The molecule has 0 spiro atoms. The van der Waals surface area contributed by atoms with E-state index < -0.39 is 0 Å². The molecule has 13 heavy (non-hydrogen) atoms. The Hall–Kier alpha value is -0.0400. The minimum atomic E-state index is 0.631. The molecule has 78 valence electrons. The van der Waals surface area contributed by atoms with Gasteiger partial charge < -0.3 is 5.32 Å². The zero-order valence-electron chi connectivity index (χ0n) is 9.85. The maximum absolute atomic E-state index is 3.68. The molecule has 0 aromatic carbocycles. The Balaban J connectivity index is 2.42. The summed E-state index contributed by atoms with van der Waals surface area (Å²) in [6.07, 6.45) is 4.05. The van der Waals surface area contributed by atoms with Crippen LogP contribution in [0.15, 0.2) is 0 Å². The molecule has 0 heterocycles. The van der Waals surface area contributed by atoms with E-state index in [1.807, 2.05) is 0 Å². The number of hydrogen-bond donors (Lipinski definition) is 1. The third-order valence-electron chi connectivity index (χ3n) is 3.70. The highest BCUT2D eigenvalue weighted by atomic mass is 15.0. The molecule has 3 unspecified atom stereocenters. The monoisotopic (exact) mass is 183 g/mol. The minimum Gasteiger partial charge on any atom is -0.311 e. The first-order chi connectivity index (χ1) is 6.03. The summed E-state index contributed by atoms with van der Waals surface area (Å²) in [5, 5.41) is 3.68. The second-order valence-corrected chi connectivity index (χ2v) is 5.15. The van der Waals surface area contributed by atoms with E-state index in [2.05, 4.69) is 39.9 Å². The molecule has 0 bridgehead atoms. The van der Waals surface area contributed by atoms with Crippen molar-refractivity contribution in [3.8, 4) is 0 Å². The van der Waals surface area contributed by atoms with E-state index in [0.29, 0.717) is 11.5 Å². The van der Waals surface area contributed by atoms with Crippen molar-refractivity contribution in [3.63, 3.8) is 0 Å². The van der Waals surface area contributed by atoms with E-state index in [1.165, 1.54) is 19.3 Å². The Morgan fingerprint density at radius 1 is 1.38 bits per heavy atom. The SMILES string of the molecule is CCC(NC(C)C)C1CC1(C)CC. The van der Waals surface area contributed by atoms with Crippen LogP contribution < -0.4 is 5.32 Å². The zero-order valence-corrected chi connectivity index (χ0v) is 9.85. The van der Waals surface area contributed by atoms with Gasteiger partial charge in [0, 0.05) is 12.1 Å². The Labute approximate surface area is 83.3 Å². The maximum Gasteiger partial charge on any atom is 0.0100 e. The van der Waals surface area contributed by atoms with Gasteiger partial charge in [-0.2, -0.15) is 0 Å². The van der Waals surface area contributed by atoms with Crippen LogP contribution in [0.3, 0.4) is 0 Å². The van der Waals surface area contributed by atoms with E-state index in [4.69, 9.17) is 0 Å². The van der Waals surface area contributed by atoms with E-state index >= 15 is 0 Å². The van der Waals surface area contributed by atoms with Crippen molar-refractivity contribution < 1.29 is 0 Å². The van der Waals surface area contributed by atoms with Crippen molar-refractivity contribution in [2.24, 2.45) is 11.3 Å². The molecule has 0 aliphatic heterocycles. The lowest BCUT2D eigenvalue weighted by molar-refractivity contribution is 0.352. The Morgan fingerprint density at radius 3 is 2.31 bits per heavy atom. The molecule has 1 saturated carbocycles. The van der Waals surface area contributed by atoms with Gasteiger partial charge in [-0.1, -0.05) is 41.0 Å². The van der Waals surface area contributed by atoms with Gasteiger partial charge in [0.25, 0.3) is 0 Å². The van der Waals surface area contributed by atoms with Crippen LogP contribution in [0.4, 0.5) is 0 Å². The van der Waals surface area contributed by atoms with Gasteiger partial charge >= 0.3 is 0 Å². The molecule has 1 rings (SSSR count). The normalized spacial score (nSPS) is 35.1. The molecule has 3 atom stereocenters. The summed E-state index contributed by atoms with van der Waals surface area (Å²) in [7, 11) is 0. The molecule has 1 aliphatic carbocycles. The first kappa shape index (κ1) is 11.0. The van der Waals surface area contributed by atoms with Crippen LogP contribution in [0, 0.1) is 11.3 Å². The standard InChI is InChI=1S/C12H25N/c1-6-11(13-9(3)4)10-8-12(10,5)7-2/h9-11,13H,6-8H2,1-5H3. The van der Waals surface area contributed by atoms with Gasteiger partial charge in [-0.05, 0) is 24.2 Å². The van der Waals surface area contributed by atoms with Gasteiger partial charge in [-0.15, -0.1) is 0 Å². The van der Waals surface area contributed by atoms with Crippen LogP contribution in [0.1, 0.15) is 53.9 Å². The second-order valence-electron chi connectivity index (χ2n) is 5.15. The van der Waals surface area contributed by atoms with Crippen molar-refractivity contribution in [2.75, 3.05) is 0 Å². The average molecular weight is 183 g/mol. The second kappa shape index (κ2) is 4.00. The third kappa shape index (κ3) is 2.46. The molecule has 0 aromatic heterocycles. The Bertz CT molecular complexity index is 165. The number of rotatable bonds is 5. The van der Waals surface area contributed by atoms with Gasteiger partial charge in [-0.25, -0.2) is 0 Å². The molecule has 1 N–H and O–H groups in total. The van der Waals surface area contributed by atoms with Crippen LogP contribution in [0.5, 0.6) is 0 Å². The molecule has 0 aromatic rings. The summed E-state index contributed by atoms with van der Waals surface area (Å²) >= 11 is 0. The van der Waals surface area contributed by atoms with E-state index in [0.717, 1.165) is 12.0 Å². The molecular formula is C12H25N. The van der Waals surface area contributed by atoms with Gasteiger partial charge in [0.2, 0.25) is 0 Å². The molecule has 0 radical (unpaired) electrons. The van der Waals surface area contributed by atoms with Crippen molar-refractivity contribution in [3.05, 3.63) is 0 Å². The van der Waals surface area contributed by atoms with Crippen molar-refractivity contribution in [2.45, 2.75) is 66.0 Å². The molecular weight excluding hydrogens is 158 g/mol. The minimum absolute atomic E-state index is 0.631. The highest BCUT2D eigenvalue weighted by Gasteiger charge is 2.51. The lowest BCUT2D eigenvalue weighted by atomic mass is 9.97. The molecule has 0 saturated heterocycles. The van der Waals surface area contributed by atoms with Crippen LogP contribution in [0.25, 0.3) is 0 Å². The van der Waals surface area contributed by atoms with Crippen molar-refractivity contribution in [1.29, 1.82) is 0 Å². The van der Waals surface area contributed by atoms with Crippen molar-refractivity contribution >= 4 is 0 Å². The fraction of sp³-hybridized carbons (Fsp3) is 1.00. The topological polar surface area (TPSA) is 12.0 Å². The summed E-state index contributed by atoms with van der Waals surface area (Å²) < 4.78 is 0. The summed E-state index contributed by atoms with van der Waals surface area (Å²) in [6, 6.07) is 1.39.